The first-order valence-corrected chi connectivity index (χ1v) is 13.1. The number of alkyl halides is 6. The standard InChI is InChI=1S/C20H26FNO2.C9H5F6NO/c1-22(19-12-18(23)13-20(19)24)10-9-14-3-2-4-16(11-14)15-5-7-17(21)8-6-15;10-8(11,12)6-1-5(4-16-17)2-7(3-6)9(13,14)15/h5-8,12,14,16,20,24H,2-4,9-11,13H2,1H3;1-3H,4H2/t14?,16-,20?;/m1./s1. The molecule has 0 saturated heterocycles. The predicted molar refractivity (Wildman–Crippen MR) is 138 cm³/mol. The Bertz CT molecular complexity index is 1190. The number of aliphatic hydroxyl groups is 1. The maximum absolute atomic E-state index is 13.1. The molecule has 2 aromatic carbocycles. The van der Waals surface area contributed by atoms with Gasteiger partial charge in [0.15, 0.2) is 5.78 Å². The maximum atomic E-state index is 13.1. The first-order valence-electron chi connectivity index (χ1n) is 13.1. The third kappa shape index (κ3) is 9.37. The second-order valence-corrected chi connectivity index (χ2v) is 10.4. The smallest absolute Gasteiger partial charge is 0.386 e. The van der Waals surface area contributed by atoms with Crippen LogP contribution in [0.15, 0.2) is 59.4 Å². The van der Waals surface area contributed by atoms with Crippen LogP contribution in [0.2, 0.25) is 0 Å². The van der Waals surface area contributed by atoms with E-state index in [2.05, 4.69) is 5.18 Å². The fourth-order valence-corrected chi connectivity index (χ4v) is 5.26. The lowest BCUT2D eigenvalue weighted by molar-refractivity contribution is -0.143. The zero-order chi connectivity index (χ0) is 30.4. The van der Waals surface area contributed by atoms with Crippen molar-refractivity contribution >= 4 is 5.78 Å². The second-order valence-electron chi connectivity index (χ2n) is 10.4. The molecule has 2 aliphatic carbocycles. The Morgan fingerprint density at radius 1 is 0.976 bits per heavy atom. The van der Waals surface area contributed by atoms with Gasteiger partial charge in [0.25, 0.3) is 0 Å². The van der Waals surface area contributed by atoms with Gasteiger partial charge in [0, 0.05) is 31.8 Å². The molecule has 0 bridgehead atoms. The molecule has 2 aliphatic rings. The van der Waals surface area contributed by atoms with Crippen molar-refractivity contribution in [2.75, 3.05) is 13.6 Å². The van der Waals surface area contributed by atoms with Crippen molar-refractivity contribution in [2.45, 2.75) is 69.4 Å². The van der Waals surface area contributed by atoms with Crippen LogP contribution in [0.5, 0.6) is 0 Å². The summed E-state index contributed by atoms with van der Waals surface area (Å²) in [6.45, 7) is 0.115. The van der Waals surface area contributed by atoms with Gasteiger partial charge in [0.2, 0.25) is 0 Å². The fraction of sp³-hybridized carbons (Fsp3) is 0.483. The minimum Gasteiger partial charge on any atom is -0.386 e. The Labute approximate surface area is 233 Å². The van der Waals surface area contributed by atoms with Crippen LogP contribution in [0.25, 0.3) is 0 Å². The van der Waals surface area contributed by atoms with Gasteiger partial charge in [-0.25, -0.2) is 4.39 Å². The summed E-state index contributed by atoms with van der Waals surface area (Å²) in [5.41, 5.74) is -1.33. The molecule has 0 aromatic heterocycles. The van der Waals surface area contributed by atoms with E-state index in [1.165, 1.54) is 24.8 Å². The molecule has 4 rings (SSSR count). The van der Waals surface area contributed by atoms with E-state index in [1.807, 2.05) is 24.1 Å². The molecule has 0 aliphatic heterocycles. The van der Waals surface area contributed by atoms with Crippen LogP contribution in [0.1, 0.15) is 66.7 Å². The van der Waals surface area contributed by atoms with Crippen molar-refractivity contribution in [3.63, 3.8) is 0 Å². The number of carbonyl (C=O) groups is 1. The Morgan fingerprint density at radius 2 is 1.59 bits per heavy atom. The van der Waals surface area contributed by atoms with Crippen LogP contribution in [0, 0.1) is 16.6 Å². The summed E-state index contributed by atoms with van der Waals surface area (Å²) in [6.07, 6.45) is -2.84. The van der Waals surface area contributed by atoms with Crippen LogP contribution in [-0.2, 0) is 23.7 Å². The Kier molecular flexibility index (Phi) is 10.7. The van der Waals surface area contributed by atoms with Gasteiger partial charge >= 0.3 is 12.4 Å². The van der Waals surface area contributed by atoms with E-state index in [0.717, 1.165) is 25.1 Å². The molecule has 0 heterocycles. The average molecular weight is 589 g/mol. The molecule has 2 aromatic rings. The van der Waals surface area contributed by atoms with Crippen LogP contribution in [0.4, 0.5) is 30.7 Å². The lowest BCUT2D eigenvalue weighted by Gasteiger charge is -2.31. The Hall–Kier alpha value is -3.28. The van der Waals surface area contributed by atoms with Crippen LogP contribution >= 0.6 is 0 Å². The number of aliphatic hydroxyl groups excluding tert-OH is 1. The molecule has 3 atom stereocenters. The summed E-state index contributed by atoms with van der Waals surface area (Å²) in [5, 5.41) is 12.2. The number of likely N-dealkylation sites (N-methyl/N-ethyl adjacent to an activating group) is 1. The van der Waals surface area contributed by atoms with Crippen LogP contribution in [-0.4, -0.2) is 35.5 Å². The molecule has 2 unspecified atom stereocenters. The number of halogens is 7. The highest BCUT2D eigenvalue weighted by Crippen LogP contribution is 2.38. The molecule has 12 heteroatoms. The first kappa shape index (κ1) is 32.2. The van der Waals surface area contributed by atoms with E-state index in [9.17, 15) is 45.5 Å². The number of hydrogen-bond donors (Lipinski definition) is 1. The van der Waals surface area contributed by atoms with Crippen LogP contribution < -0.4 is 0 Å². The summed E-state index contributed by atoms with van der Waals surface area (Å²) in [5.74, 6) is 1.00. The molecular formula is C29H31F7N2O3. The Balaban J connectivity index is 0.000000241. The third-order valence-electron chi connectivity index (χ3n) is 7.38. The van der Waals surface area contributed by atoms with E-state index in [1.54, 1.807) is 18.2 Å². The largest absolute Gasteiger partial charge is 0.416 e. The van der Waals surface area contributed by atoms with Gasteiger partial charge in [-0.2, -0.15) is 31.2 Å². The van der Waals surface area contributed by atoms with Gasteiger partial charge in [-0.3, -0.25) is 4.79 Å². The highest BCUT2D eigenvalue weighted by Gasteiger charge is 2.37. The zero-order valence-electron chi connectivity index (χ0n) is 22.3. The number of benzene rings is 2. The number of nitrogens with zero attached hydrogens (tertiary/aromatic N) is 2. The van der Waals surface area contributed by atoms with Crippen molar-refractivity contribution in [3.05, 3.63) is 87.2 Å². The summed E-state index contributed by atoms with van der Waals surface area (Å²) < 4.78 is 86.9. The summed E-state index contributed by atoms with van der Waals surface area (Å²) in [6, 6.07) is 7.87. The van der Waals surface area contributed by atoms with Gasteiger partial charge in [-0.05, 0) is 72.6 Å². The van der Waals surface area contributed by atoms with Gasteiger partial charge in [-0.15, -0.1) is 0 Å². The summed E-state index contributed by atoms with van der Waals surface area (Å²) in [7, 11) is 1.95. The highest BCUT2D eigenvalue weighted by molar-refractivity contribution is 5.93. The SMILES string of the molecule is CN(CCC1CCC[C@@H](c2ccc(F)cc2)C1)C1=CC(=O)CC1O.O=NCc1cc(C(F)(F)F)cc(C(F)(F)F)c1. The van der Waals surface area contributed by atoms with Crippen molar-refractivity contribution < 1.29 is 40.6 Å². The number of nitroso groups, excluding NO2 is 1. The van der Waals surface area contributed by atoms with E-state index in [4.69, 9.17) is 0 Å². The number of allylic oxidation sites excluding steroid dienone is 1. The van der Waals surface area contributed by atoms with Crippen molar-refractivity contribution in [1.29, 1.82) is 0 Å². The van der Waals surface area contributed by atoms with Crippen LogP contribution in [0.3, 0.4) is 0 Å². The molecule has 41 heavy (non-hydrogen) atoms. The Morgan fingerprint density at radius 3 is 2.10 bits per heavy atom. The highest BCUT2D eigenvalue weighted by atomic mass is 19.4. The minimum absolute atomic E-state index is 0.00565. The third-order valence-corrected chi connectivity index (χ3v) is 7.38. The monoisotopic (exact) mass is 588 g/mol. The fourth-order valence-electron chi connectivity index (χ4n) is 5.26. The molecular weight excluding hydrogens is 557 g/mol. The molecule has 1 fully saturated rings. The van der Waals surface area contributed by atoms with Gasteiger partial charge in [0.1, 0.15) is 18.5 Å². The number of hydrogen-bond acceptors (Lipinski definition) is 5. The lowest BCUT2D eigenvalue weighted by atomic mass is 9.77. The van der Waals surface area contributed by atoms with Gasteiger partial charge in [-0.1, -0.05) is 30.2 Å². The van der Waals surface area contributed by atoms with E-state index >= 15 is 0 Å². The molecule has 0 radical (unpaired) electrons. The van der Waals surface area contributed by atoms with E-state index in [-0.39, 0.29) is 24.1 Å². The van der Waals surface area contributed by atoms with Gasteiger partial charge < -0.3 is 10.0 Å². The lowest BCUT2D eigenvalue weighted by Crippen LogP contribution is -2.27. The van der Waals surface area contributed by atoms with Crippen molar-refractivity contribution in [1.82, 2.24) is 4.90 Å². The van der Waals surface area contributed by atoms with E-state index < -0.39 is 41.7 Å². The first-order chi connectivity index (χ1) is 19.2. The number of ketones is 1. The summed E-state index contributed by atoms with van der Waals surface area (Å²) >= 11 is 0. The van der Waals surface area contributed by atoms with Crippen molar-refractivity contribution in [3.8, 4) is 0 Å². The molecule has 224 valence electrons. The average Bonchev–Trinajstić information content (AvgIpc) is 3.25. The summed E-state index contributed by atoms with van der Waals surface area (Å²) in [4.78, 5) is 23.3. The molecule has 5 nitrogen and oxygen atoms in total. The van der Waals surface area contributed by atoms with E-state index in [0.29, 0.717) is 24.0 Å². The van der Waals surface area contributed by atoms with Gasteiger partial charge in [0.05, 0.1) is 11.1 Å². The predicted octanol–water partition coefficient (Wildman–Crippen LogP) is 7.63. The van der Waals surface area contributed by atoms with Crippen molar-refractivity contribution in [2.24, 2.45) is 11.1 Å². The number of carbonyl (C=O) groups excluding carboxylic acids is 1. The maximum Gasteiger partial charge on any atom is 0.416 e. The molecule has 1 N–H and O–H groups in total. The molecule has 1 saturated carbocycles. The minimum atomic E-state index is -4.90. The molecule has 0 amide bonds. The zero-order valence-corrected chi connectivity index (χ0v) is 22.3. The topological polar surface area (TPSA) is 70.0 Å². The quantitative estimate of drug-likeness (QED) is 0.267. The number of rotatable bonds is 7. The normalized spacial score (nSPS) is 21.1. The second kappa shape index (κ2) is 13.6. The molecule has 0 spiro atoms.